The first kappa shape index (κ1) is 13.3. The summed E-state index contributed by atoms with van der Waals surface area (Å²) in [6, 6.07) is 0.985. The van der Waals surface area contributed by atoms with Gasteiger partial charge in [0.05, 0.1) is 16.7 Å². The van der Waals surface area contributed by atoms with Gasteiger partial charge in [0.2, 0.25) is 0 Å². The zero-order valence-corrected chi connectivity index (χ0v) is 7.82. The van der Waals surface area contributed by atoms with Crippen molar-refractivity contribution < 1.29 is 36.2 Å². The summed E-state index contributed by atoms with van der Waals surface area (Å²) in [7, 11) is 0. The van der Waals surface area contributed by atoms with Gasteiger partial charge in [-0.3, -0.25) is 0 Å². The molecule has 1 rings (SSSR count). The van der Waals surface area contributed by atoms with Gasteiger partial charge in [-0.2, -0.15) is 26.3 Å². The van der Waals surface area contributed by atoms with Crippen molar-refractivity contribution >= 4 is 5.97 Å². The van der Waals surface area contributed by atoms with Crippen LogP contribution in [-0.4, -0.2) is 5.97 Å². The number of carbonyl (C=O) groups excluding carboxylic acids is 1. The largest absolute Gasteiger partial charge is 0.417 e. The van der Waals surface area contributed by atoms with Crippen LogP contribution in [0.5, 0.6) is 0 Å². The predicted octanol–water partition coefficient (Wildman–Crippen LogP) is 3.29. The second kappa shape index (κ2) is 3.94. The maximum atomic E-state index is 12.3. The van der Waals surface area contributed by atoms with Crippen LogP contribution in [0.15, 0.2) is 18.2 Å². The Morgan fingerprint density at radius 1 is 0.882 bits per heavy atom. The Morgan fingerprint density at radius 2 is 1.24 bits per heavy atom. The molecule has 0 bridgehead atoms. The van der Waals surface area contributed by atoms with E-state index in [9.17, 15) is 36.2 Å². The van der Waals surface area contributed by atoms with Gasteiger partial charge in [-0.1, -0.05) is 6.07 Å². The lowest BCUT2D eigenvalue weighted by molar-refractivity contribution is -0.144. The molecule has 8 heteroatoms. The van der Waals surface area contributed by atoms with Gasteiger partial charge in [-0.05, 0) is 12.1 Å². The average molecular weight is 257 g/mol. The molecule has 17 heavy (non-hydrogen) atoms. The molecule has 1 aromatic rings. The summed E-state index contributed by atoms with van der Waals surface area (Å²) in [6.07, 6.45) is -10.4. The minimum atomic E-state index is -5.20. The monoisotopic (exact) mass is 257 g/mol. The Bertz CT molecular complexity index is 414. The van der Waals surface area contributed by atoms with E-state index < -0.39 is 35.0 Å². The zero-order chi connectivity index (χ0) is 13.4. The molecule has 0 aliphatic carbocycles. The second-order valence-corrected chi connectivity index (χ2v) is 3.01. The molecule has 2 nitrogen and oxygen atoms in total. The SMILES string of the molecule is [O]C(=O)c1c(C(F)(F)F)cccc1C(F)(F)F. The fraction of sp³-hybridized carbons (Fsp3) is 0.222. The number of hydrogen-bond donors (Lipinski definition) is 0. The van der Waals surface area contributed by atoms with E-state index in [1.807, 2.05) is 0 Å². The summed E-state index contributed by atoms with van der Waals surface area (Å²) >= 11 is 0. The summed E-state index contributed by atoms with van der Waals surface area (Å²) in [5.41, 5.74) is -5.66. The van der Waals surface area contributed by atoms with Gasteiger partial charge in [0.1, 0.15) is 0 Å². The molecule has 0 aliphatic rings. The first-order valence-electron chi connectivity index (χ1n) is 4.04. The highest BCUT2D eigenvalue weighted by molar-refractivity contribution is 5.91. The normalized spacial score (nSPS) is 12.6. The van der Waals surface area contributed by atoms with E-state index >= 15 is 0 Å². The van der Waals surface area contributed by atoms with Gasteiger partial charge in [-0.25, -0.2) is 9.90 Å². The smallest absolute Gasteiger partial charge is 0.241 e. The van der Waals surface area contributed by atoms with E-state index in [-0.39, 0.29) is 12.1 Å². The number of alkyl halides is 6. The number of benzene rings is 1. The Hall–Kier alpha value is -1.73. The Morgan fingerprint density at radius 3 is 1.47 bits per heavy atom. The Balaban J connectivity index is 3.61. The van der Waals surface area contributed by atoms with Crippen LogP contribution in [0.1, 0.15) is 21.5 Å². The van der Waals surface area contributed by atoms with E-state index in [2.05, 4.69) is 0 Å². The fourth-order valence-electron chi connectivity index (χ4n) is 1.24. The molecule has 0 saturated heterocycles. The number of hydrogen-bond acceptors (Lipinski definition) is 1. The predicted molar refractivity (Wildman–Crippen MR) is 41.5 cm³/mol. The van der Waals surface area contributed by atoms with Crippen molar-refractivity contribution in [1.29, 1.82) is 0 Å². The summed E-state index contributed by atoms with van der Waals surface area (Å²) in [5, 5.41) is 10.4. The Kier molecular flexibility index (Phi) is 3.09. The highest BCUT2D eigenvalue weighted by Gasteiger charge is 2.43. The van der Waals surface area contributed by atoms with Gasteiger partial charge in [0.15, 0.2) is 0 Å². The van der Waals surface area contributed by atoms with Crippen molar-refractivity contribution in [2.75, 3.05) is 0 Å². The molecule has 0 heterocycles. The average Bonchev–Trinajstić information content (AvgIpc) is 2.13. The van der Waals surface area contributed by atoms with E-state index in [4.69, 9.17) is 0 Å². The van der Waals surface area contributed by atoms with Crippen LogP contribution in [0.4, 0.5) is 26.3 Å². The third-order valence-corrected chi connectivity index (χ3v) is 1.88. The molecular weight excluding hydrogens is 254 g/mol. The fourth-order valence-corrected chi connectivity index (χ4v) is 1.24. The quantitative estimate of drug-likeness (QED) is 0.711. The van der Waals surface area contributed by atoms with Crippen molar-refractivity contribution in [1.82, 2.24) is 0 Å². The maximum absolute atomic E-state index is 12.3. The van der Waals surface area contributed by atoms with Crippen molar-refractivity contribution in [3.05, 3.63) is 34.9 Å². The second-order valence-electron chi connectivity index (χ2n) is 3.01. The van der Waals surface area contributed by atoms with Crippen molar-refractivity contribution in [2.45, 2.75) is 12.4 Å². The topological polar surface area (TPSA) is 37.0 Å². The summed E-state index contributed by atoms with van der Waals surface area (Å²) in [5.74, 6) is -2.52. The lowest BCUT2D eigenvalue weighted by Crippen LogP contribution is -2.19. The van der Waals surface area contributed by atoms with Gasteiger partial charge < -0.3 is 0 Å². The molecule has 0 saturated carbocycles. The zero-order valence-electron chi connectivity index (χ0n) is 7.82. The van der Waals surface area contributed by atoms with Gasteiger partial charge in [0.25, 0.3) is 0 Å². The highest BCUT2D eigenvalue weighted by Crippen LogP contribution is 2.39. The van der Waals surface area contributed by atoms with Crippen LogP contribution in [0.25, 0.3) is 0 Å². The summed E-state index contributed by atoms with van der Waals surface area (Å²) in [4.78, 5) is 10.4. The molecule has 1 radical (unpaired) electrons. The van der Waals surface area contributed by atoms with Gasteiger partial charge >= 0.3 is 18.3 Å². The lowest BCUT2D eigenvalue weighted by Gasteiger charge is -2.14. The molecule has 0 atom stereocenters. The van der Waals surface area contributed by atoms with Gasteiger partial charge in [0, 0.05) is 0 Å². The van der Waals surface area contributed by atoms with E-state index in [0.29, 0.717) is 6.07 Å². The van der Waals surface area contributed by atoms with Crippen molar-refractivity contribution in [2.24, 2.45) is 0 Å². The minimum Gasteiger partial charge on any atom is -0.241 e. The highest BCUT2D eigenvalue weighted by atomic mass is 19.4. The third-order valence-electron chi connectivity index (χ3n) is 1.88. The first-order chi connectivity index (χ1) is 7.55. The lowest BCUT2D eigenvalue weighted by atomic mass is 10.0. The van der Waals surface area contributed by atoms with Crippen LogP contribution in [0, 0.1) is 0 Å². The summed E-state index contributed by atoms with van der Waals surface area (Å²) < 4.78 is 73.9. The van der Waals surface area contributed by atoms with Gasteiger partial charge in [-0.15, -0.1) is 0 Å². The Labute approximate surface area is 90.5 Å². The van der Waals surface area contributed by atoms with E-state index in [0.717, 1.165) is 0 Å². The molecule has 1 aromatic carbocycles. The molecule has 0 unspecified atom stereocenters. The van der Waals surface area contributed by atoms with Crippen LogP contribution in [-0.2, 0) is 17.5 Å². The molecular formula is C9H3F6O2. The number of rotatable bonds is 1. The van der Waals surface area contributed by atoms with E-state index in [1.54, 1.807) is 0 Å². The summed E-state index contributed by atoms with van der Waals surface area (Å²) in [6.45, 7) is 0. The molecule has 0 spiro atoms. The maximum Gasteiger partial charge on any atom is 0.417 e. The number of carbonyl (C=O) groups is 1. The molecule has 0 aliphatic heterocycles. The van der Waals surface area contributed by atoms with Crippen molar-refractivity contribution in [3.63, 3.8) is 0 Å². The molecule has 0 fully saturated rings. The third kappa shape index (κ3) is 2.69. The van der Waals surface area contributed by atoms with Crippen LogP contribution < -0.4 is 0 Å². The van der Waals surface area contributed by atoms with Crippen molar-refractivity contribution in [3.8, 4) is 0 Å². The van der Waals surface area contributed by atoms with Crippen LogP contribution >= 0.6 is 0 Å². The first-order valence-corrected chi connectivity index (χ1v) is 4.04. The molecule has 0 aromatic heterocycles. The van der Waals surface area contributed by atoms with Crippen LogP contribution in [0.3, 0.4) is 0 Å². The standard InChI is InChI=1S/C9H3F6O2/c10-8(11,12)4-2-1-3-5(9(13,14)15)6(4)7(16)17/h1-3H. The molecule has 0 amide bonds. The number of halogens is 6. The van der Waals surface area contributed by atoms with E-state index in [1.165, 1.54) is 0 Å². The molecule has 93 valence electrons. The minimum absolute atomic E-state index is 0.250. The molecule has 0 N–H and O–H groups in total. The van der Waals surface area contributed by atoms with Crippen LogP contribution in [0.2, 0.25) is 0 Å².